The normalized spacial score (nSPS) is 9.56. The van der Waals surface area contributed by atoms with Gasteiger partial charge < -0.3 is 14.9 Å². The zero-order valence-electron chi connectivity index (χ0n) is 8.34. The highest BCUT2D eigenvalue weighted by Gasteiger charge is 1.98. The average Bonchev–Trinajstić information content (AvgIpc) is 2.65. The van der Waals surface area contributed by atoms with Crippen molar-refractivity contribution in [1.29, 1.82) is 0 Å². The molecule has 16 heavy (non-hydrogen) atoms. The molecule has 2 aromatic rings. The Morgan fingerprint density at radius 2 is 2.00 bits per heavy atom. The maximum atomic E-state index is 10.7. The Morgan fingerprint density at radius 1 is 1.31 bits per heavy atom. The molecule has 0 saturated carbocycles. The molecule has 0 fully saturated rings. The lowest BCUT2D eigenvalue weighted by molar-refractivity contribution is -0.300. The van der Waals surface area contributed by atoms with Gasteiger partial charge in [0.25, 0.3) is 0 Å². The summed E-state index contributed by atoms with van der Waals surface area (Å²) in [6, 6.07) is 7.53. The average molecular weight is 241 g/mol. The van der Waals surface area contributed by atoms with Gasteiger partial charge in [-0.2, -0.15) is 0 Å². The number of oxazole rings is 1. The Kier molecular flexibility index (Phi) is 4.16. The predicted octanol–water partition coefficient (Wildman–Crippen LogP) is 1.05. The van der Waals surface area contributed by atoms with Crippen molar-refractivity contribution < 1.29 is 9.52 Å². The fourth-order valence-electron chi connectivity index (χ4n) is 1.30. The minimum atomic E-state index is -0.551. The summed E-state index contributed by atoms with van der Waals surface area (Å²) in [7, 11) is 0. The number of nitrogens with zero attached hydrogens (tertiary/aromatic N) is 1. The lowest BCUT2D eigenvalue weighted by Crippen LogP contribution is -2.06. The van der Waals surface area contributed by atoms with Crippen molar-refractivity contribution in [3.8, 4) is 6.08 Å². The minimum absolute atomic E-state index is 0. The highest BCUT2D eigenvalue weighted by atomic mass is 35.5. The first kappa shape index (κ1) is 12.4. The third-order valence-electron chi connectivity index (χ3n) is 2.04. The number of rotatable bonds is 3. The van der Waals surface area contributed by atoms with E-state index in [1.54, 1.807) is 0 Å². The van der Waals surface area contributed by atoms with E-state index in [-0.39, 0.29) is 12.4 Å². The summed E-state index contributed by atoms with van der Waals surface area (Å²) in [5.74, 6) is 5.24. The van der Waals surface area contributed by atoms with Gasteiger partial charge in [0, 0.05) is 12.1 Å². The summed E-state index contributed by atoms with van der Waals surface area (Å²) in [5.41, 5.74) is 5.05. The number of hydrogen-bond donors (Lipinski definition) is 2. The van der Waals surface area contributed by atoms with Gasteiger partial charge in [-0.3, -0.25) is 5.84 Å². The number of nitrogen functional groups attached to an aromatic ring is 1. The molecule has 0 unspecified atom stereocenters. The van der Waals surface area contributed by atoms with Crippen LogP contribution in [0.1, 0.15) is 11.3 Å². The number of anilines is 1. The predicted molar refractivity (Wildman–Crippen MR) is 60.3 cm³/mol. The van der Waals surface area contributed by atoms with Crippen LogP contribution in [0.4, 0.5) is 5.69 Å². The zero-order valence-corrected chi connectivity index (χ0v) is 9.16. The van der Waals surface area contributed by atoms with E-state index in [1.165, 1.54) is 6.26 Å². The van der Waals surface area contributed by atoms with Gasteiger partial charge in [0.1, 0.15) is 0 Å². The monoisotopic (exact) mass is 240 g/mol. The minimum Gasteiger partial charge on any atom is -0.572 e. The summed E-state index contributed by atoms with van der Waals surface area (Å²) >= 11 is 0. The van der Waals surface area contributed by atoms with Crippen LogP contribution in [-0.4, -0.2) is 4.98 Å². The van der Waals surface area contributed by atoms with E-state index in [2.05, 4.69) is 14.8 Å². The second-order valence-electron chi connectivity index (χ2n) is 3.12. The Labute approximate surface area is 98.7 Å². The number of aromatic nitrogens is 1. The maximum Gasteiger partial charge on any atom is 0.155 e. The lowest BCUT2D eigenvalue weighted by atomic mass is 10.1. The van der Waals surface area contributed by atoms with Gasteiger partial charge in [-0.15, -0.1) is 12.4 Å². The molecule has 0 amide bonds. The molecule has 2 rings (SSSR count). The standard InChI is InChI=1S/C10H11N3O2.ClH/c11-13-8-3-1-7(2-4-8)5-9-6-15-10(14)12-9;/h1-4,6,13H,5,11H2,(H,12,14);1H/p-1. The summed E-state index contributed by atoms with van der Waals surface area (Å²) < 4.78 is 4.58. The third kappa shape index (κ3) is 2.88. The first-order valence-electron chi connectivity index (χ1n) is 4.45. The molecule has 1 aromatic carbocycles. The molecular formula is C10H11ClN3O2-. The highest BCUT2D eigenvalue weighted by Crippen LogP contribution is 2.13. The van der Waals surface area contributed by atoms with Crippen LogP contribution in [0.2, 0.25) is 0 Å². The van der Waals surface area contributed by atoms with Gasteiger partial charge in [0.2, 0.25) is 0 Å². The molecule has 0 atom stereocenters. The molecule has 0 saturated heterocycles. The number of halogens is 1. The first-order valence-corrected chi connectivity index (χ1v) is 4.45. The van der Waals surface area contributed by atoms with Crippen molar-refractivity contribution >= 4 is 18.1 Å². The Morgan fingerprint density at radius 3 is 2.50 bits per heavy atom. The van der Waals surface area contributed by atoms with Crippen molar-refractivity contribution in [2.75, 3.05) is 5.43 Å². The smallest absolute Gasteiger partial charge is 0.155 e. The number of benzene rings is 1. The second-order valence-corrected chi connectivity index (χ2v) is 3.12. The van der Waals surface area contributed by atoms with Crippen molar-refractivity contribution in [2.24, 2.45) is 5.84 Å². The van der Waals surface area contributed by atoms with Crippen LogP contribution < -0.4 is 16.4 Å². The molecule has 0 spiro atoms. The van der Waals surface area contributed by atoms with Gasteiger partial charge in [-0.25, -0.2) is 4.98 Å². The first-order chi connectivity index (χ1) is 7.28. The van der Waals surface area contributed by atoms with Crippen molar-refractivity contribution in [2.45, 2.75) is 6.42 Å². The van der Waals surface area contributed by atoms with E-state index in [0.29, 0.717) is 12.1 Å². The van der Waals surface area contributed by atoms with Crippen LogP contribution in [0, 0.1) is 0 Å². The highest BCUT2D eigenvalue weighted by molar-refractivity contribution is 5.85. The topological polar surface area (TPSA) is 87.1 Å². The second kappa shape index (κ2) is 5.39. The van der Waals surface area contributed by atoms with Crippen LogP contribution in [-0.2, 0) is 6.42 Å². The third-order valence-corrected chi connectivity index (χ3v) is 2.04. The Hall–Kier alpha value is -1.72. The molecular weight excluding hydrogens is 230 g/mol. The van der Waals surface area contributed by atoms with Crippen LogP contribution in [0.3, 0.4) is 0 Å². The molecule has 86 valence electrons. The number of hydrogen-bond acceptors (Lipinski definition) is 5. The fraction of sp³-hybridized carbons (Fsp3) is 0.100. The van der Waals surface area contributed by atoms with Crippen LogP contribution in [0.5, 0.6) is 6.08 Å². The van der Waals surface area contributed by atoms with Crippen LogP contribution >= 0.6 is 12.4 Å². The van der Waals surface area contributed by atoms with Gasteiger partial charge in [-0.05, 0) is 24.0 Å². The fourth-order valence-corrected chi connectivity index (χ4v) is 1.30. The zero-order chi connectivity index (χ0) is 10.7. The number of hydrazine groups is 1. The Bertz CT molecular complexity index is 442. The van der Waals surface area contributed by atoms with E-state index in [1.807, 2.05) is 24.3 Å². The maximum absolute atomic E-state index is 10.7. The number of nitrogens with one attached hydrogen (secondary N) is 1. The summed E-state index contributed by atoms with van der Waals surface area (Å²) in [4.78, 5) is 3.69. The Balaban J connectivity index is 0.00000128. The molecule has 3 N–H and O–H groups in total. The van der Waals surface area contributed by atoms with Crippen molar-refractivity contribution in [1.82, 2.24) is 4.98 Å². The molecule has 0 radical (unpaired) electrons. The summed E-state index contributed by atoms with van der Waals surface area (Å²) in [5, 5.41) is 10.7. The van der Waals surface area contributed by atoms with Gasteiger partial charge in [0.15, 0.2) is 6.08 Å². The van der Waals surface area contributed by atoms with Gasteiger partial charge in [-0.1, -0.05) is 12.1 Å². The quantitative estimate of drug-likeness (QED) is 0.619. The molecule has 0 aliphatic carbocycles. The summed E-state index contributed by atoms with van der Waals surface area (Å²) in [6.07, 6.45) is 1.40. The van der Waals surface area contributed by atoms with E-state index >= 15 is 0 Å². The molecule has 0 aliphatic heterocycles. The molecule has 5 nitrogen and oxygen atoms in total. The van der Waals surface area contributed by atoms with E-state index in [9.17, 15) is 5.11 Å². The molecule has 1 heterocycles. The molecule has 6 heteroatoms. The molecule has 1 aromatic heterocycles. The molecule has 0 bridgehead atoms. The lowest BCUT2D eigenvalue weighted by Gasteiger charge is -2.01. The van der Waals surface area contributed by atoms with Crippen LogP contribution in [0.15, 0.2) is 34.9 Å². The van der Waals surface area contributed by atoms with Crippen molar-refractivity contribution in [3.63, 3.8) is 0 Å². The van der Waals surface area contributed by atoms with Crippen LogP contribution in [0.25, 0.3) is 0 Å². The van der Waals surface area contributed by atoms with Crippen molar-refractivity contribution in [3.05, 3.63) is 41.8 Å². The molecule has 0 aliphatic rings. The van der Waals surface area contributed by atoms with E-state index in [4.69, 9.17) is 5.84 Å². The van der Waals surface area contributed by atoms with Gasteiger partial charge in [0.05, 0.1) is 5.69 Å². The largest absolute Gasteiger partial charge is 0.572 e. The van der Waals surface area contributed by atoms with Gasteiger partial charge >= 0.3 is 0 Å². The van der Waals surface area contributed by atoms with E-state index in [0.717, 1.165) is 11.3 Å². The number of nitrogens with two attached hydrogens (primary N) is 1. The van der Waals surface area contributed by atoms with E-state index < -0.39 is 6.08 Å². The SMILES string of the molecule is Cl.NNc1ccc(Cc2coc([O-])n2)cc1. The summed E-state index contributed by atoms with van der Waals surface area (Å²) in [6.45, 7) is 0.